The summed E-state index contributed by atoms with van der Waals surface area (Å²) in [5.74, 6) is 2.57. The second kappa shape index (κ2) is 17.8. The van der Waals surface area contributed by atoms with Crippen LogP contribution >= 0.6 is 0 Å². The van der Waals surface area contributed by atoms with E-state index in [1.807, 2.05) is 37.4 Å². The molecule has 152 valence electrons. The van der Waals surface area contributed by atoms with E-state index in [2.05, 4.69) is 23.0 Å². The second-order valence-electron chi connectivity index (χ2n) is 6.58. The lowest BCUT2D eigenvalue weighted by Gasteiger charge is -2.14. The molecule has 0 saturated carbocycles. The smallest absolute Gasteiger partial charge is 0.305 e. The monoisotopic (exact) mass is 384 g/mol. The first kappa shape index (κ1) is 25.4. The first-order valence-corrected chi connectivity index (χ1v) is 9.70. The highest BCUT2D eigenvalue weighted by atomic mass is 16.5. The number of amides is 1. The summed E-state index contributed by atoms with van der Waals surface area (Å²) in [5.41, 5.74) is 0.994. The van der Waals surface area contributed by atoms with Gasteiger partial charge in [0.2, 0.25) is 5.91 Å². The van der Waals surface area contributed by atoms with Crippen LogP contribution < -0.4 is 5.32 Å². The molecule has 2 N–H and O–H groups in total. The third-order valence-corrected chi connectivity index (χ3v) is 4.07. The topological polar surface area (TPSA) is 56.9 Å². The molecule has 0 bridgehead atoms. The average Bonchev–Trinajstić information content (AvgIpc) is 2.69. The maximum absolute atomic E-state index is 12.1. The molecule has 0 aromatic heterocycles. The van der Waals surface area contributed by atoms with Gasteiger partial charge in [0.15, 0.2) is 0 Å². The van der Waals surface area contributed by atoms with E-state index in [1.165, 1.54) is 6.20 Å². The Balaban J connectivity index is 4.49. The van der Waals surface area contributed by atoms with Gasteiger partial charge in [-0.25, -0.2) is 5.06 Å². The molecule has 0 aromatic rings. The normalized spacial score (nSPS) is 13.1. The molecule has 1 atom stereocenters. The van der Waals surface area contributed by atoms with E-state index in [0.29, 0.717) is 12.3 Å². The number of hydrogen-bond acceptors (Lipinski definition) is 3. The molecule has 28 heavy (non-hydrogen) atoms. The summed E-state index contributed by atoms with van der Waals surface area (Å²) in [6.07, 6.45) is 22.1. The number of hydroxylamine groups is 2. The van der Waals surface area contributed by atoms with E-state index in [0.717, 1.165) is 42.9 Å². The van der Waals surface area contributed by atoms with Crippen LogP contribution in [-0.4, -0.2) is 36.3 Å². The van der Waals surface area contributed by atoms with Gasteiger partial charge >= 0.3 is 6.20 Å². The minimum absolute atomic E-state index is 0.138. The SMILES string of the molecule is C#C/C=C\C/C=C\CCN(O)C(=O)C/C=C(\C=C/[N+]#C)CC(C)CCCNC. The quantitative estimate of drug-likeness (QED) is 0.115. The Morgan fingerprint density at radius 2 is 2.14 bits per heavy atom. The molecule has 5 nitrogen and oxygen atoms in total. The molecule has 0 fully saturated rings. The van der Waals surface area contributed by atoms with Crippen LogP contribution in [0.3, 0.4) is 0 Å². The summed E-state index contributed by atoms with van der Waals surface area (Å²) in [6, 6.07) is 0. The van der Waals surface area contributed by atoms with Crippen molar-refractivity contribution in [3.63, 3.8) is 0 Å². The van der Waals surface area contributed by atoms with E-state index in [1.54, 1.807) is 6.08 Å². The molecular formula is C23H34N3O2+. The first-order chi connectivity index (χ1) is 13.5. The maximum Gasteiger partial charge on any atom is 0.305 e. The largest absolute Gasteiger partial charge is 0.320 e. The van der Waals surface area contributed by atoms with Gasteiger partial charge in [-0.05, 0) is 68.1 Å². The molecule has 0 rings (SSSR count). The Bertz CT molecular complexity index is 633. The third-order valence-electron chi connectivity index (χ3n) is 4.07. The van der Waals surface area contributed by atoms with Crippen molar-refractivity contribution >= 4 is 5.91 Å². The highest BCUT2D eigenvalue weighted by Gasteiger charge is 2.10. The number of rotatable bonds is 14. The molecule has 0 aliphatic heterocycles. The number of carbonyl (C=O) groups excluding carboxylic acids is 1. The number of allylic oxidation sites excluding steroid dienone is 5. The van der Waals surface area contributed by atoms with Crippen LogP contribution in [0.1, 0.15) is 45.4 Å². The third kappa shape index (κ3) is 14.6. The summed E-state index contributed by atoms with van der Waals surface area (Å²) < 4.78 is 0. The predicted octanol–water partition coefficient (Wildman–Crippen LogP) is 4.55. The average molecular weight is 385 g/mol. The number of nitrogens with one attached hydrogen (secondary N) is 1. The fourth-order valence-corrected chi connectivity index (χ4v) is 2.56. The van der Waals surface area contributed by atoms with Crippen molar-refractivity contribution in [2.75, 3.05) is 20.1 Å². The van der Waals surface area contributed by atoms with Crippen LogP contribution in [0.2, 0.25) is 0 Å². The molecule has 1 unspecified atom stereocenters. The van der Waals surface area contributed by atoms with Crippen molar-refractivity contribution in [1.29, 1.82) is 0 Å². The van der Waals surface area contributed by atoms with E-state index in [9.17, 15) is 10.0 Å². The van der Waals surface area contributed by atoms with E-state index in [-0.39, 0.29) is 18.9 Å². The summed E-state index contributed by atoms with van der Waals surface area (Å²) in [6.45, 7) is 8.61. The van der Waals surface area contributed by atoms with Crippen molar-refractivity contribution in [2.45, 2.75) is 45.4 Å². The summed E-state index contributed by atoms with van der Waals surface area (Å²) in [7, 11) is 1.94. The number of terminal acetylenes is 1. The van der Waals surface area contributed by atoms with Crippen molar-refractivity contribution in [3.8, 4) is 18.9 Å². The van der Waals surface area contributed by atoms with Gasteiger partial charge in [-0.3, -0.25) is 10.0 Å². The van der Waals surface area contributed by atoms with Gasteiger partial charge < -0.3 is 5.32 Å². The minimum atomic E-state index is -0.334. The van der Waals surface area contributed by atoms with Gasteiger partial charge in [-0.2, -0.15) is 0 Å². The van der Waals surface area contributed by atoms with Crippen LogP contribution in [0.25, 0.3) is 4.85 Å². The zero-order valence-corrected chi connectivity index (χ0v) is 17.2. The zero-order chi connectivity index (χ0) is 21.0. The molecule has 0 heterocycles. The molecule has 0 aromatic carbocycles. The maximum atomic E-state index is 12.1. The van der Waals surface area contributed by atoms with Gasteiger partial charge in [0.05, 0.1) is 6.54 Å². The van der Waals surface area contributed by atoms with Gasteiger partial charge in [-0.15, -0.1) is 6.42 Å². The Hall–Kier alpha value is -2.60. The Morgan fingerprint density at radius 1 is 1.36 bits per heavy atom. The molecule has 0 spiro atoms. The first-order valence-electron chi connectivity index (χ1n) is 9.70. The van der Waals surface area contributed by atoms with Crippen LogP contribution in [0.15, 0.2) is 48.2 Å². The molecule has 0 aliphatic carbocycles. The molecular weight excluding hydrogens is 350 g/mol. The second-order valence-corrected chi connectivity index (χ2v) is 6.58. The van der Waals surface area contributed by atoms with Gasteiger partial charge in [0.25, 0.3) is 6.57 Å². The number of carbonyl (C=O) groups is 1. The highest BCUT2D eigenvalue weighted by Crippen LogP contribution is 2.18. The van der Waals surface area contributed by atoms with Crippen molar-refractivity contribution in [3.05, 3.63) is 53.1 Å². The van der Waals surface area contributed by atoms with Crippen molar-refractivity contribution < 1.29 is 10.0 Å². The highest BCUT2D eigenvalue weighted by molar-refractivity contribution is 5.76. The van der Waals surface area contributed by atoms with Crippen LogP contribution in [-0.2, 0) is 4.79 Å². The molecule has 0 radical (unpaired) electrons. The fraction of sp³-hybridized carbons (Fsp3) is 0.478. The standard InChI is InChI=1S/C23H34N3O2/c1-5-6-7-8-9-10-11-19-26(28)23(27)15-14-22(16-18-25-4)20-21(2)13-12-17-24-3/h1,4,6-7,9-10,14,16,18,21,24,28H,8,11-13,15,17,19-20H2,2-3H3/q+1/b7-6-,10-9-,18-16-,22-14+. The van der Waals surface area contributed by atoms with Gasteiger partial charge in [0.1, 0.15) is 0 Å². The molecule has 1 amide bonds. The lowest BCUT2D eigenvalue weighted by molar-refractivity contribution is -0.163. The van der Waals surface area contributed by atoms with Crippen molar-refractivity contribution in [1.82, 2.24) is 10.4 Å². The lowest BCUT2D eigenvalue weighted by Crippen LogP contribution is -2.27. The Labute approximate surface area is 170 Å². The molecule has 0 aliphatic rings. The summed E-state index contributed by atoms with van der Waals surface area (Å²) in [4.78, 5) is 15.6. The minimum Gasteiger partial charge on any atom is -0.320 e. The van der Waals surface area contributed by atoms with E-state index in [4.69, 9.17) is 13.0 Å². The Kier molecular flexibility index (Phi) is 16.1. The summed E-state index contributed by atoms with van der Waals surface area (Å²) >= 11 is 0. The fourth-order valence-electron chi connectivity index (χ4n) is 2.56. The van der Waals surface area contributed by atoms with Crippen molar-refractivity contribution in [2.24, 2.45) is 5.92 Å². The van der Waals surface area contributed by atoms with E-state index >= 15 is 0 Å². The number of nitrogens with zero attached hydrogens (tertiary/aromatic N) is 2. The van der Waals surface area contributed by atoms with Crippen LogP contribution in [0.4, 0.5) is 0 Å². The molecule has 5 heteroatoms. The van der Waals surface area contributed by atoms with Gasteiger partial charge in [0, 0.05) is 12.5 Å². The molecule has 0 saturated heterocycles. The van der Waals surface area contributed by atoms with Gasteiger partial charge in [-0.1, -0.05) is 37.1 Å². The number of hydrogen-bond donors (Lipinski definition) is 2. The van der Waals surface area contributed by atoms with Crippen LogP contribution in [0, 0.1) is 24.8 Å². The Morgan fingerprint density at radius 3 is 2.82 bits per heavy atom. The predicted molar refractivity (Wildman–Crippen MR) is 117 cm³/mol. The van der Waals surface area contributed by atoms with Crippen LogP contribution in [0.5, 0.6) is 0 Å². The van der Waals surface area contributed by atoms with E-state index < -0.39 is 0 Å². The zero-order valence-electron chi connectivity index (χ0n) is 17.2. The summed E-state index contributed by atoms with van der Waals surface area (Å²) in [5, 5.41) is 13.8. The lowest BCUT2D eigenvalue weighted by atomic mass is 9.95.